The zero-order valence-electron chi connectivity index (χ0n) is 10.6. The highest BCUT2D eigenvalue weighted by Gasteiger charge is 2.05. The summed E-state index contributed by atoms with van der Waals surface area (Å²) < 4.78 is 12.9. The monoisotopic (exact) mass is 258 g/mol. The predicted octanol–water partition coefficient (Wildman–Crippen LogP) is 2.91. The first kappa shape index (κ1) is 14.4. The Morgan fingerprint density at radius 1 is 1.41 bits per heavy atom. The van der Waals surface area contributed by atoms with Gasteiger partial charge in [-0.2, -0.15) is 0 Å². The summed E-state index contributed by atoms with van der Waals surface area (Å²) in [7, 11) is 2.03. The van der Waals surface area contributed by atoms with Crippen molar-refractivity contribution < 1.29 is 4.39 Å². The Balaban J connectivity index is 2.42. The molecule has 0 heterocycles. The summed E-state index contributed by atoms with van der Waals surface area (Å²) >= 11 is 5.98. The molecule has 96 valence electrons. The van der Waals surface area contributed by atoms with Crippen molar-refractivity contribution in [1.82, 2.24) is 10.2 Å². The van der Waals surface area contributed by atoms with Gasteiger partial charge in [-0.1, -0.05) is 31.5 Å². The lowest BCUT2D eigenvalue weighted by molar-refractivity contribution is 0.320. The highest BCUT2D eigenvalue weighted by Crippen LogP contribution is 2.18. The van der Waals surface area contributed by atoms with Crippen molar-refractivity contribution in [2.24, 2.45) is 0 Å². The first-order chi connectivity index (χ1) is 7.99. The van der Waals surface area contributed by atoms with Crippen molar-refractivity contribution in [1.29, 1.82) is 0 Å². The second-order valence-electron chi connectivity index (χ2n) is 4.58. The molecule has 0 unspecified atom stereocenters. The zero-order chi connectivity index (χ0) is 12.8. The van der Waals surface area contributed by atoms with Crippen LogP contribution in [-0.4, -0.2) is 31.1 Å². The molecule has 0 aliphatic rings. The molecule has 0 aliphatic heterocycles. The largest absolute Gasteiger partial charge is 0.313 e. The molecule has 1 aromatic carbocycles. The Bertz CT molecular complexity index is 355. The summed E-state index contributed by atoms with van der Waals surface area (Å²) in [5.41, 5.74) is 0.958. The van der Waals surface area contributed by atoms with Crippen molar-refractivity contribution in [3.63, 3.8) is 0 Å². The van der Waals surface area contributed by atoms with Crippen LogP contribution in [0.15, 0.2) is 18.2 Å². The number of nitrogens with one attached hydrogen (secondary N) is 1. The number of hydrogen-bond acceptors (Lipinski definition) is 2. The average Bonchev–Trinajstić information content (AvgIpc) is 2.21. The van der Waals surface area contributed by atoms with Crippen molar-refractivity contribution in [2.75, 3.05) is 20.1 Å². The van der Waals surface area contributed by atoms with Gasteiger partial charge in [0, 0.05) is 30.7 Å². The van der Waals surface area contributed by atoms with Crippen LogP contribution in [0.3, 0.4) is 0 Å². The molecule has 0 fully saturated rings. The standard InChI is InChI=1S/C13H20ClFN2/c1-10(2)16-6-7-17(3)9-11-4-5-12(15)8-13(11)14/h4-5,8,10,16H,6-7,9H2,1-3H3. The normalized spacial score (nSPS) is 11.5. The Morgan fingerprint density at radius 3 is 2.71 bits per heavy atom. The molecule has 0 saturated heterocycles. The van der Waals surface area contributed by atoms with Crippen molar-refractivity contribution in [3.8, 4) is 0 Å². The number of hydrogen-bond donors (Lipinski definition) is 1. The summed E-state index contributed by atoms with van der Waals surface area (Å²) in [6, 6.07) is 5.04. The van der Waals surface area contributed by atoms with Gasteiger partial charge < -0.3 is 10.2 Å². The van der Waals surface area contributed by atoms with Crippen LogP contribution < -0.4 is 5.32 Å². The molecule has 0 aromatic heterocycles. The van der Waals surface area contributed by atoms with E-state index in [0.29, 0.717) is 11.1 Å². The summed E-state index contributed by atoms with van der Waals surface area (Å²) in [6.45, 7) is 6.85. The Kier molecular flexibility index (Phi) is 5.89. The topological polar surface area (TPSA) is 15.3 Å². The molecule has 0 saturated carbocycles. The first-order valence-corrected chi connectivity index (χ1v) is 6.22. The van der Waals surface area contributed by atoms with Gasteiger partial charge in [-0.25, -0.2) is 4.39 Å². The van der Waals surface area contributed by atoms with E-state index in [0.717, 1.165) is 25.2 Å². The van der Waals surface area contributed by atoms with Crippen molar-refractivity contribution in [2.45, 2.75) is 26.4 Å². The van der Waals surface area contributed by atoms with Crippen molar-refractivity contribution in [3.05, 3.63) is 34.6 Å². The molecule has 1 aromatic rings. The summed E-state index contributed by atoms with van der Waals surface area (Å²) in [6.07, 6.45) is 0. The van der Waals surface area contributed by atoms with Crippen molar-refractivity contribution >= 4 is 11.6 Å². The fraction of sp³-hybridized carbons (Fsp3) is 0.538. The highest BCUT2D eigenvalue weighted by molar-refractivity contribution is 6.31. The van der Waals surface area contributed by atoms with Gasteiger partial charge in [-0.3, -0.25) is 0 Å². The van der Waals surface area contributed by atoms with E-state index in [4.69, 9.17) is 11.6 Å². The molecule has 2 nitrogen and oxygen atoms in total. The van der Waals surface area contributed by atoms with Gasteiger partial charge in [0.1, 0.15) is 5.82 Å². The van der Waals surface area contributed by atoms with E-state index in [1.165, 1.54) is 12.1 Å². The Labute approximate surface area is 108 Å². The maximum atomic E-state index is 12.9. The molecule has 0 aliphatic carbocycles. The molecule has 4 heteroatoms. The lowest BCUT2D eigenvalue weighted by Crippen LogP contribution is -2.32. The summed E-state index contributed by atoms with van der Waals surface area (Å²) in [5.74, 6) is -0.289. The number of halogens is 2. The second-order valence-corrected chi connectivity index (χ2v) is 4.99. The third-order valence-electron chi connectivity index (χ3n) is 2.50. The van der Waals surface area contributed by atoms with Crippen LogP contribution in [0.4, 0.5) is 4.39 Å². The van der Waals surface area contributed by atoms with Crippen LogP contribution in [0.1, 0.15) is 19.4 Å². The molecule has 0 spiro atoms. The van der Waals surface area contributed by atoms with E-state index in [9.17, 15) is 4.39 Å². The third kappa shape index (κ3) is 5.48. The van der Waals surface area contributed by atoms with Gasteiger partial charge in [0.15, 0.2) is 0 Å². The van der Waals surface area contributed by atoms with Crippen LogP contribution in [0.2, 0.25) is 5.02 Å². The molecular formula is C13H20ClFN2. The van der Waals surface area contributed by atoms with Crippen LogP contribution in [0.5, 0.6) is 0 Å². The van der Waals surface area contributed by atoms with E-state index in [1.807, 2.05) is 7.05 Å². The quantitative estimate of drug-likeness (QED) is 0.844. The fourth-order valence-electron chi connectivity index (χ4n) is 1.56. The third-order valence-corrected chi connectivity index (χ3v) is 2.85. The van der Waals surface area contributed by atoms with Crippen LogP contribution in [-0.2, 0) is 6.54 Å². The maximum absolute atomic E-state index is 12.9. The number of benzene rings is 1. The van der Waals surface area contributed by atoms with Gasteiger partial charge in [0.2, 0.25) is 0 Å². The molecular weight excluding hydrogens is 239 g/mol. The van der Waals surface area contributed by atoms with E-state index in [2.05, 4.69) is 24.1 Å². The first-order valence-electron chi connectivity index (χ1n) is 5.85. The lowest BCUT2D eigenvalue weighted by atomic mass is 10.2. The maximum Gasteiger partial charge on any atom is 0.124 e. The molecule has 0 amide bonds. The van der Waals surface area contributed by atoms with Gasteiger partial charge in [0.05, 0.1) is 0 Å². The van der Waals surface area contributed by atoms with Gasteiger partial charge >= 0.3 is 0 Å². The van der Waals surface area contributed by atoms with E-state index in [1.54, 1.807) is 6.07 Å². The van der Waals surface area contributed by atoms with Crippen LogP contribution in [0.25, 0.3) is 0 Å². The zero-order valence-corrected chi connectivity index (χ0v) is 11.4. The highest BCUT2D eigenvalue weighted by atomic mass is 35.5. The molecule has 0 atom stereocenters. The number of rotatable bonds is 6. The number of likely N-dealkylation sites (N-methyl/N-ethyl adjacent to an activating group) is 1. The van der Waals surface area contributed by atoms with E-state index < -0.39 is 0 Å². The smallest absolute Gasteiger partial charge is 0.124 e. The van der Waals surface area contributed by atoms with Gasteiger partial charge in [0.25, 0.3) is 0 Å². The minimum absolute atomic E-state index is 0.289. The fourth-order valence-corrected chi connectivity index (χ4v) is 1.79. The predicted molar refractivity (Wildman–Crippen MR) is 70.9 cm³/mol. The van der Waals surface area contributed by atoms with Gasteiger partial charge in [-0.15, -0.1) is 0 Å². The second kappa shape index (κ2) is 6.94. The SMILES string of the molecule is CC(C)NCCN(C)Cc1ccc(F)cc1Cl. The lowest BCUT2D eigenvalue weighted by Gasteiger charge is -2.18. The Morgan fingerprint density at radius 2 is 2.12 bits per heavy atom. The van der Waals surface area contributed by atoms with E-state index >= 15 is 0 Å². The number of nitrogens with zero attached hydrogens (tertiary/aromatic N) is 1. The summed E-state index contributed by atoms with van der Waals surface area (Å²) in [4.78, 5) is 2.16. The average molecular weight is 259 g/mol. The minimum Gasteiger partial charge on any atom is -0.313 e. The molecule has 17 heavy (non-hydrogen) atoms. The molecule has 1 N–H and O–H groups in total. The van der Waals surface area contributed by atoms with Crippen LogP contribution >= 0.6 is 11.6 Å². The molecule has 0 bridgehead atoms. The minimum atomic E-state index is -0.289. The summed E-state index contributed by atoms with van der Waals surface area (Å²) in [5, 5.41) is 3.85. The Hall–Kier alpha value is -0.640. The van der Waals surface area contributed by atoms with Crippen LogP contribution in [0, 0.1) is 5.82 Å². The van der Waals surface area contributed by atoms with Gasteiger partial charge in [-0.05, 0) is 24.7 Å². The van der Waals surface area contributed by atoms with E-state index in [-0.39, 0.29) is 5.82 Å². The molecule has 0 radical (unpaired) electrons. The molecule has 1 rings (SSSR count).